The minimum atomic E-state index is -0.140. The van der Waals surface area contributed by atoms with Crippen LogP contribution in [0.5, 0.6) is 0 Å². The summed E-state index contributed by atoms with van der Waals surface area (Å²) in [5, 5.41) is 0. The number of nitrogens with one attached hydrogen (secondary N) is 1. The molecule has 0 aliphatic carbocycles. The Hall–Kier alpha value is -0.780. The van der Waals surface area contributed by atoms with E-state index < -0.39 is 0 Å². The van der Waals surface area contributed by atoms with Crippen molar-refractivity contribution in [2.75, 3.05) is 6.61 Å². The Balaban J connectivity index is 2.24. The van der Waals surface area contributed by atoms with E-state index in [1.54, 1.807) is 6.26 Å². The maximum absolute atomic E-state index is 5.57. The highest BCUT2D eigenvalue weighted by Crippen LogP contribution is 2.31. The summed E-state index contributed by atoms with van der Waals surface area (Å²) in [5.41, 5.74) is 3.68. The van der Waals surface area contributed by atoms with Gasteiger partial charge in [0.15, 0.2) is 4.67 Å². The highest BCUT2D eigenvalue weighted by molar-refractivity contribution is 9.10. The topological polar surface area (TPSA) is 60.4 Å². The van der Waals surface area contributed by atoms with Crippen molar-refractivity contribution in [3.05, 3.63) is 34.4 Å². The second-order valence-electron chi connectivity index (χ2n) is 3.35. The van der Waals surface area contributed by atoms with E-state index in [0.717, 1.165) is 30.8 Å². The molecule has 82 valence electrons. The van der Waals surface area contributed by atoms with Gasteiger partial charge in [-0.15, -0.1) is 0 Å². The molecule has 0 amide bonds. The van der Waals surface area contributed by atoms with Crippen LogP contribution in [0.25, 0.3) is 0 Å². The van der Waals surface area contributed by atoms with Crippen LogP contribution in [-0.2, 0) is 4.74 Å². The summed E-state index contributed by atoms with van der Waals surface area (Å²) in [6, 6.07) is 1.73. The van der Waals surface area contributed by atoms with Crippen LogP contribution < -0.4 is 11.3 Å². The number of halogens is 1. The van der Waals surface area contributed by atoms with Gasteiger partial charge in [0.1, 0.15) is 11.8 Å². The minimum Gasteiger partial charge on any atom is -0.496 e. The van der Waals surface area contributed by atoms with Crippen LogP contribution in [0.15, 0.2) is 33.3 Å². The van der Waals surface area contributed by atoms with E-state index in [2.05, 4.69) is 27.4 Å². The SMILES string of the molecule is NNC(C1=CCCCO1)c1ccoc1Br. The van der Waals surface area contributed by atoms with Crippen molar-refractivity contribution >= 4 is 15.9 Å². The number of rotatable bonds is 3. The van der Waals surface area contributed by atoms with Gasteiger partial charge in [0, 0.05) is 5.56 Å². The van der Waals surface area contributed by atoms with E-state index in [9.17, 15) is 0 Å². The molecule has 2 rings (SSSR count). The van der Waals surface area contributed by atoms with Gasteiger partial charge in [-0.25, -0.2) is 5.43 Å². The summed E-state index contributed by atoms with van der Waals surface area (Å²) in [6.45, 7) is 0.749. The predicted octanol–water partition coefficient (Wildman–Crippen LogP) is 2.24. The molecule has 0 aromatic carbocycles. The van der Waals surface area contributed by atoms with E-state index in [1.165, 1.54) is 0 Å². The largest absolute Gasteiger partial charge is 0.496 e. The second-order valence-corrected chi connectivity index (χ2v) is 4.07. The third-order valence-corrected chi connectivity index (χ3v) is 3.02. The Morgan fingerprint density at radius 2 is 2.40 bits per heavy atom. The fourth-order valence-corrected chi connectivity index (χ4v) is 2.08. The number of hydrazine groups is 1. The average molecular weight is 273 g/mol. The first-order valence-corrected chi connectivity index (χ1v) is 5.64. The van der Waals surface area contributed by atoms with E-state index in [4.69, 9.17) is 15.0 Å². The van der Waals surface area contributed by atoms with Crippen molar-refractivity contribution in [3.8, 4) is 0 Å². The fraction of sp³-hybridized carbons (Fsp3) is 0.400. The van der Waals surface area contributed by atoms with Gasteiger partial charge in [-0.1, -0.05) is 0 Å². The van der Waals surface area contributed by atoms with Crippen LogP contribution >= 0.6 is 15.9 Å². The van der Waals surface area contributed by atoms with E-state index in [-0.39, 0.29) is 6.04 Å². The molecule has 1 atom stereocenters. The Bertz CT molecular complexity index is 362. The third kappa shape index (κ3) is 2.25. The van der Waals surface area contributed by atoms with E-state index >= 15 is 0 Å². The molecule has 0 spiro atoms. The van der Waals surface area contributed by atoms with Gasteiger partial charge in [-0.3, -0.25) is 5.84 Å². The third-order valence-electron chi connectivity index (χ3n) is 2.37. The Morgan fingerprint density at radius 1 is 1.53 bits per heavy atom. The standard InChI is InChI=1S/C10H13BrN2O2/c11-10-7(4-6-15-10)9(13-12)8-3-1-2-5-14-8/h3-4,6,9,13H,1-2,5,12H2. The number of hydrogen-bond donors (Lipinski definition) is 2. The lowest BCUT2D eigenvalue weighted by atomic mass is 10.1. The molecule has 0 fully saturated rings. The molecule has 1 unspecified atom stereocenters. The molecule has 1 aromatic heterocycles. The number of ether oxygens (including phenoxy) is 1. The van der Waals surface area contributed by atoms with Gasteiger partial charge in [0.2, 0.25) is 0 Å². The lowest BCUT2D eigenvalue weighted by Crippen LogP contribution is -2.31. The molecule has 4 nitrogen and oxygen atoms in total. The molecular weight excluding hydrogens is 260 g/mol. The minimum absolute atomic E-state index is 0.140. The van der Waals surface area contributed by atoms with Gasteiger partial charge in [-0.2, -0.15) is 0 Å². The number of furan rings is 1. The first kappa shape index (κ1) is 10.7. The van der Waals surface area contributed by atoms with Crippen LogP contribution in [0.3, 0.4) is 0 Å². The summed E-state index contributed by atoms with van der Waals surface area (Å²) in [4.78, 5) is 0. The van der Waals surface area contributed by atoms with Crippen molar-refractivity contribution in [2.24, 2.45) is 5.84 Å². The fourth-order valence-electron chi connectivity index (χ4n) is 1.61. The summed E-state index contributed by atoms with van der Waals surface area (Å²) >= 11 is 3.33. The highest BCUT2D eigenvalue weighted by atomic mass is 79.9. The van der Waals surface area contributed by atoms with Crippen LogP contribution in [0.1, 0.15) is 24.4 Å². The van der Waals surface area contributed by atoms with Crippen molar-refractivity contribution in [1.29, 1.82) is 0 Å². The summed E-state index contributed by atoms with van der Waals surface area (Å²) in [5.74, 6) is 6.40. The molecule has 5 heteroatoms. The zero-order valence-corrected chi connectivity index (χ0v) is 9.79. The van der Waals surface area contributed by atoms with Crippen LogP contribution in [0.4, 0.5) is 0 Å². The highest BCUT2D eigenvalue weighted by Gasteiger charge is 2.22. The first-order chi connectivity index (χ1) is 7.33. The normalized spacial score (nSPS) is 18.1. The molecule has 1 aromatic rings. The first-order valence-electron chi connectivity index (χ1n) is 4.85. The molecule has 0 bridgehead atoms. The Morgan fingerprint density at radius 3 is 2.93 bits per heavy atom. The van der Waals surface area contributed by atoms with Gasteiger partial charge in [-0.05, 0) is 40.9 Å². The molecule has 2 heterocycles. The molecule has 1 aliphatic heterocycles. The quantitative estimate of drug-likeness (QED) is 0.655. The summed E-state index contributed by atoms with van der Waals surface area (Å²) < 4.78 is 11.4. The zero-order chi connectivity index (χ0) is 10.7. The molecule has 0 radical (unpaired) electrons. The van der Waals surface area contributed by atoms with Gasteiger partial charge >= 0.3 is 0 Å². The van der Waals surface area contributed by atoms with Crippen molar-refractivity contribution in [3.63, 3.8) is 0 Å². The zero-order valence-electron chi connectivity index (χ0n) is 8.20. The van der Waals surface area contributed by atoms with Crippen LogP contribution in [-0.4, -0.2) is 6.61 Å². The second kappa shape index (κ2) is 4.83. The Labute approximate surface area is 96.6 Å². The van der Waals surface area contributed by atoms with Gasteiger partial charge < -0.3 is 9.15 Å². The van der Waals surface area contributed by atoms with E-state index in [1.807, 2.05) is 6.07 Å². The number of hydrogen-bond acceptors (Lipinski definition) is 4. The predicted molar refractivity (Wildman–Crippen MR) is 59.7 cm³/mol. The lowest BCUT2D eigenvalue weighted by molar-refractivity contribution is 0.167. The van der Waals surface area contributed by atoms with Gasteiger partial charge in [0.05, 0.1) is 12.9 Å². The molecular formula is C10H13BrN2O2. The monoisotopic (exact) mass is 272 g/mol. The number of nitrogens with two attached hydrogens (primary N) is 1. The molecule has 0 saturated heterocycles. The lowest BCUT2D eigenvalue weighted by Gasteiger charge is -2.22. The molecule has 1 aliphatic rings. The van der Waals surface area contributed by atoms with Gasteiger partial charge in [0.25, 0.3) is 0 Å². The van der Waals surface area contributed by atoms with Crippen molar-refractivity contribution < 1.29 is 9.15 Å². The Kier molecular flexibility index (Phi) is 3.45. The summed E-state index contributed by atoms with van der Waals surface area (Å²) in [7, 11) is 0. The summed E-state index contributed by atoms with van der Waals surface area (Å²) in [6.07, 6.45) is 5.77. The van der Waals surface area contributed by atoms with E-state index in [0.29, 0.717) is 4.67 Å². The van der Waals surface area contributed by atoms with Crippen molar-refractivity contribution in [1.82, 2.24) is 5.43 Å². The molecule has 0 saturated carbocycles. The smallest absolute Gasteiger partial charge is 0.174 e. The van der Waals surface area contributed by atoms with Crippen LogP contribution in [0, 0.1) is 0 Å². The average Bonchev–Trinajstić information content (AvgIpc) is 2.68. The maximum atomic E-state index is 5.57. The number of allylic oxidation sites excluding steroid dienone is 1. The molecule has 15 heavy (non-hydrogen) atoms. The molecule has 3 N–H and O–H groups in total. The van der Waals surface area contributed by atoms with Crippen LogP contribution in [0.2, 0.25) is 0 Å². The maximum Gasteiger partial charge on any atom is 0.174 e. The van der Waals surface area contributed by atoms with Crippen molar-refractivity contribution in [2.45, 2.75) is 18.9 Å².